The van der Waals surface area contributed by atoms with E-state index in [1.165, 1.54) is 6.08 Å². The van der Waals surface area contributed by atoms with Gasteiger partial charge in [-0.3, -0.25) is 0 Å². The van der Waals surface area contributed by atoms with E-state index < -0.39 is 0 Å². The summed E-state index contributed by atoms with van der Waals surface area (Å²) in [5.41, 5.74) is 0. The van der Waals surface area contributed by atoms with Crippen LogP contribution in [0.5, 0.6) is 0 Å². The minimum atomic E-state index is -0.345. The molecule has 0 aromatic heterocycles. The van der Waals surface area contributed by atoms with Crippen LogP contribution in [0.2, 0.25) is 0 Å². The van der Waals surface area contributed by atoms with Gasteiger partial charge in [0.2, 0.25) is 0 Å². The number of thioether (sulfide) groups is 1. The smallest absolute Gasteiger partial charge is 0.330 e. The molecule has 2 aliphatic carbocycles. The first-order valence-electron chi connectivity index (χ1n) is 14.0. The number of hydrogen-bond acceptors (Lipinski definition) is 6. The van der Waals surface area contributed by atoms with Gasteiger partial charge in [0.05, 0.1) is 47.2 Å². The molecule has 5 atom stereocenters. The summed E-state index contributed by atoms with van der Waals surface area (Å²) in [6.07, 6.45) is 14.8. The SMILES string of the molecule is C=CC(=O)OCCCCCCOC1CCC(C#CC2CCC(C#CC3CCC(C#N)C(C#N)C3)S2)CC1. The molecule has 5 nitrogen and oxygen atoms in total. The van der Waals surface area contributed by atoms with E-state index in [9.17, 15) is 15.3 Å². The topological polar surface area (TPSA) is 83.1 Å². The molecule has 198 valence electrons. The predicted molar refractivity (Wildman–Crippen MR) is 147 cm³/mol. The Morgan fingerprint density at radius 2 is 1.41 bits per heavy atom. The van der Waals surface area contributed by atoms with Gasteiger partial charge in [-0.2, -0.15) is 10.5 Å². The largest absolute Gasteiger partial charge is 0.463 e. The first-order valence-corrected chi connectivity index (χ1v) is 14.9. The van der Waals surface area contributed by atoms with Crippen molar-refractivity contribution in [2.24, 2.45) is 23.7 Å². The number of carbonyl (C=O) groups excluding carboxylic acids is 1. The number of nitrogens with zero attached hydrogens (tertiary/aromatic N) is 2. The molecule has 3 aliphatic rings. The van der Waals surface area contributed by atoms with Crippen LogP contribution in [0.15, 0.2) is 12.7 Å². The molecule has 5 unspecified atom stereocenters. The number of hydrogen-bond donors (Lipinski definition) is 0. The lowest BCUT2D eigenvalue weighted by Gasteiger charge is -2.26. The zero-order valence-electron chi connectivity index (χ0n) is 22.0. The average Bonchev–Trinajstić information content (AvgIpc) is 3.40. The fraction of sp³-hybridized carbons (Fsp3) is 0.710. The van der Waals surface area contributed by atoms with Gasteiger partial charge in [-0.25, -0.2) is 4.79 Å². The van der Waals surface area contributed by atoms with Crippen LogP contribution in [-0.4, -0.2) is 35.8 Å². The zero-order valence-corrected chi connectivity index (χ0v) is 22.8. The van der Waals surface area contributed by atoms with E-state index in [4.69, 9.17) is 9.47 Å². The van der Waals surface area contributed by atoms with Crippen LogP contribution >= 0.6 is 11.8 Å². The van der Waals surface area contributed by atoms with Crippen molar-refractivity contribution in [3.05, 3.63) is 12.7 Å². The van der Waals surface area contributed by atoms with Gasteiger partial charge in [0, 0.05) is 24.5 Å². The third-order valence-electron chi connectivity index (χ3n) is 7.58. The molecule has 0 N–H and O–H groups in total. The summed E-state index contributed by atoms with van der Waals surface area (Å²) in [6.45, 7) is 4.67. The number of rotatable bonds is 9. The van der Waals surface area contributed by atoms with Gasteiger partial charge in [0.25, 0.3) is 0 Å². The van der Waals surface area contributed by atoms with Crippen molar-refractivity contribution in [3.8, 4) is 35.8 Å². The fourth-order valence-corrected chi connectivity index (χ4v) is 6.50. The lowest BCUT2D eigenvalue weighted by Crippen LogP contribution is -2.22. The maximum absolute atomic E-state index is 11.0. The highest BCUT2D eigenvalue weighted by atomic mass is 32.2. The highest BCUT2D eigenvalue weighted by Gasteiger charge is 2.30. The Morgan fingerprint density at radius 1 is 0.784 bits per heavy atom. The molecule has 3 rings (SSSR count). The molecular weight excluding hydrogens is 480 g/mol. The van der Waals surface area contributed by atoms with Gasteiger partial charge in [-0.15, -0.1) is 11.8 Å². The second-order valence-electron chi connectivity index (χ2n) is 10.4. The number of carbonyl (C=O) groups is 1. The van der Waals surface area contributed by atoms with E-state index >= 15 is 0 Å². The van der Waals surface area contributed by atoms with E-state index in [1.54, 1.807) is 0 Å². The second kappa shape index (κ2) is 16.5. The Balaban J connectivity index is 1.25. The van der Waals surface area contributed by atoms with Crippen LogP contribution in [0.1, 0.15) is 83.5 Å². The van der Waals surface area contributed by atoms with Crippen molar-refractivity contribution in [2.75, 3.05) is 13.2 Å². The minimum absolute atomic E-state index is 0.122. The molecule has 0 radical (unpaired) electrons. The van der Waals surface area contributed by atoms with Gasteiger partial charge in [0.15, 0.2) is 0 Å². The summed E-state index contributed by atoms with van der Waals surface area (Å²) in [7, 11) is 0. The molecule has 0 spiro atoms. The van der Waals surface area contributed by atoms with Crippen molar-refractivity contribution in [3.63, 3.8) is 0 Å². The molecular formula is C31H40N2O3S. The normalized spacial score (nSPS) is 30.9. The number of unbranched alkanes of at least 4 members (excludes halogenated alkanes) is 3. The monoisotopic (exact) mass is 520 g/mol. The Kier molecular flexibility index (Phi) is 13.0. The quantitative estimate of drug-likeness (QED) is 0.156. The van der Waals surface area contributed by atoms with Crippen molar-refractivity contribution in [1.82, 2.24) is 0 Å². The predicted octanol–water partition coefficient (Wildman–Crippen LogP) is 6.20. The lowest BCUT2D eigenvalue weighted by molar-refractivity contribution is -0.137. The standard InChI is InChI=1S/C31H40N2O3S/c1-2-31(34)36-20-6-4-3-5-19-35-28-13-8-24(9-14-28)10-15-29-17-18-30(37-29)16-11-25-7-12-26(22-32)27(21-25)23-33/h2,24-30H,1,3-9,12-14,17-21H2. The van der Waals surface area contributed by atoms with Crippen LogP contribution in [0, 0.1) is 70.0 Å². The molecule has 1 heterocycles. The molecule has 0 bridgehead atoms. The average molecular weight is 521 g/mol. The van der Waals surface area contributed by atoms with E-state index in [2.05, 4.69) is 42.4 Å². The van der Waals surface area contributed by atoms with Crippen molar-refractivity contribution in [2.45, 2.75) is 100 Å². The third kappa shape index (κ3) is 10.5. The lowest BCUT2D eigenvalue weighted by atomic mass is 9.75. The molecule has 6 heteroatoms. The van der Waals surface area contributed by atoms with Gasteiger partial charge in [0.1, 0.15) is 0 Å². The van der Waals surface area contributed by atoms with Crippen LogP contribution in [0.4, 0.5) is 0 Å². The van der Waals surface area contributed by atoms with Crippen LogP contribution in [0.25, 0.3) is 0 Å². The second-order valence-corrected chi connectivity index (χ2v) is 11.8. The Hall–Kier alpha value is -2.38. The first kappa shape index (κ1) is 29.2. The summed E-state index contributed by atoms with van der Waals surface area (Å²) >= 11 is 1.90. The summed E-state index contributed by atoms with van der Waals surface area (Å²) < 4.78 is 11.1. The Bertz CT molecular complexity index is 951. The number of ether oxygens (including phenoxy) is 2. The van der Waals surface area contributed by atoms with Crippen LogP contribution < -0.4 is 0 Å². The van der Waals surface area contributed by atoms with E-state index in [1.807, 2.05) is 11.8 Å². The van der Waals surface area contributed by atoms with Crippen LogP contribution in [0.3, 0.4) is 0 Å². The van der Waals surface area contributed by atoms with Gasteiger partial charge < -0.3 is 9.47 Å². The minimum Gasteiger partial charge on any atom is -0.463 e. The first-order chi connectivity index (χ1) is 18.1. The molecule has 37 heavy (non-hydrogen) atoms. The molecule has 1 aliphatic heterocycles. The summed E-state index contributed by atoms with van der Waals surface area (Å²) in [5.74, 6) is 14.1. The summed E-state index contributed by atoms with van der Waals surface area (Å²) in [6, 6.07) is 4.59. The highest BCUT2D eigenvalue weighted by Crippen LogP contribution is 2.35. The number of esters is 1. The molecule has 0 aromatic carbocycles. The fourth-order valence-electron chi connectivity index (χ4n) is 5.28. The summed E-state index contributed by atoms with van der Waals surface area (Å²) in [5, 5.41) is 19.2. The molecule has 2 saturated carbocycles. The maximum atomic E-state index is 11.0. The van der Waals surface area contributed by atoms with Gasteiger partial charge >= 0.3 is 5.97 Å². The van der Waals surface area contributed by atoms with E-state index in [0.29, 0.717) is 29.1 Å². The number of nitriles is 2. The summed E-state index contributed by atoms with van der Waals surface area (Å²) in [4.78, 5) is 11.0. The van der Waals surface area contributed by atoms with Gasteiger partial charge in [-0.1, -0.05) is 36.7 Å². The van der Waals surface area contributed by atoms with Crippen molar-refractivity contribution >= 4 is 17.7 Å². The van der Waals surface area contributed by atoms with Crippen molar-refractivity contribution in [1.29, 1.82) is 10.5 Å². The Morgan fingerprint density at radius 3 is 2.05 bits per heavy atom. The zero-order chi connectivity index (χ0) is 26.3. The molecule has 0 aromatic rings. The molecule has 0 amide bonds. The molecule has 1 saturated heterocycles. The maximum Gasteiger partial charge on any atom is 0.330 e. The van der Waals surface area contributed by atoms with E-state index in [0.717, 1.165) is 90.1 Å². The third-order valence-corrected chi connectivity index (χ3v) is 8.94. The van der Waals surface area contributed by atoms with Crippen LogP contribution in [-0.2, 0) is 14.3 Å². The van der Waals surface area contributed by atoms with Gasteiger partial charge in [-0.05, 0) is 77.0 Å². The van der Waals surface area contributed by atoms with Crippen molar-refractivity contribution < 1.29 is 14.3 Å². The highest BCUT2D eigenvalue weighted by molar-refractivity contribution is 8.01. The molecule has 3 fully saturated rings. The Labute approximate surface area is 227 Å². The van der Waals surface area contributed by atoms with E-state index in [-0.39, 0.29) is 23.7 Å².